The zero-order chi connectivity index (χ0) is 9.68. The first-order valence-corrected chi connectivity index (χ1v) is 4.92. The molecule has 0 aromatic carbocycles. The fourth-order valence-corrected chi connectivity index (χ4v) is 1.46. The summed E-state index contributed by atoms with van der Waals surface area (Å²) in [6.07, 6.45) is -0.168. The van der Waals surface area contributed by atoms with Gasteiger partial charge in [-0.1, -0.05) is 6.92 Å². The van der Waals surface area contributed by atoms with E-state index in [9.17, 15) is 4.79 Å². The quantitative estimate of drug-likeness (QED) is 0.639. The highest BCUT2D eigenvalue weighted by molar-refractivity contribution is 5.67. The van der Waals surface area contributed by atoms with Crippen LogP contribution in [0.4, 0.5) is 4.79 Å². The molecule has 1 fully saturated rings. The van der Waals surface area contributed by atoms with Gasteiger partial charge < -0.3 is 14.5 Å². The molecule has 1 heterocycles. The number of rotatable bonds is 2. The van der Waals surface area contributed by atoms with Crippen molar-refractivity contribution in [2.45, 2.75) is 13.8 Å². The lowest BCUT2D eigenvalue weighted by Gasteiger charge is -2.33. The van der Waals surface area contributed by atoms with Crippen LogP contribution in [0.25, 0.3) is 0 Å². The van der Waals surface area contributed by atoms with E-state index in [4.69, 9.17) is 4.74 Å². The minimum atomic E-state index is -0.168. The molecule has 0 bridgehead atoms. The normalized spacial score (nSPS) is 18.8. The van der Waals surface area contributed by atoms with Gasteiger partial charge in [-0.2, -0.15) is 0 Å². The first-order valence-electron chi connectivity index (χ1n) is 4.92. The van der Waals surface area contributed by atoms with Crippen molar-refractivity contribution in [2.75, 3.05) is 39.3 Å². The van der Waals surface area contributed by atoms with Gasteiger partial charge in [0.2, 0.25) is 0 Å². The summed E-state index contributed by atoms with van der Waals surface area (Å²) in [5.74, 6) is 0. The van der Waals surface area contributed by atoms with Crippen molar-refractivity contribution < 1.29 is 9.53 Å². The number of ether oxygens (including phenoxy) is 1. The summed E-state index contributed by atoms with van der Waals surface area (Å²) in [4.78, 5) is 15.4. The third-order valence-corrected chi connectivity index (χ3v) is 2.35. The molecule has 4 nitrogen and oxygen atoms in total. The Hall–Kier alpha value is -0.770. The van der Waals surface area contributed by atoms with Gasteiger partial charge in [-0.25, -0.2) is 4.79 Å². The molecule has 0 atom stereocenters. The summed E-state index contributed by atoms with van der Waals surface area (Å²) in [5.41, 5.74) is 0. The number of carbonyl (C=O) groups excluding carboxylic acids is 1. The Kier molecular flexibility index (Phi) is 4.02. The number of hydrogen-bond acceptors (Lipinski definition) is 3. The molecular weight excluding hydrogens is 168 g/mol. The summed E-state index contributed by atoms with van der Waals surface area (Å²) in [7, 11) is 0. The molecule has 1 amide bonds. The van der Waals surface area contributed by atoms with Crippen molar-refractivity contribution in [1.29, 1.82) is 0 Å². The fraction of sp³-hybridized carbons (Fsp3) is 0.889. The van der Waals surface area contributed by atoms with Gasteiger partial charge in [-0.3, -0.25) is 0 Å². The third-order valence-electron chi connectivity index (χ3n) is 2.35. The van der Waals surface area contributed by atoms with Gasteiger partial charge in [-0.05, 0) is 13.5 Å². The molecule has 0 aromatic rings. The predicted octanol–water partition coefficient (Wildman–Crippen LogP) is 0.780. The molecule has 4 heteroatoms. The minimum absolute atomic E-state index is 0.168. The summed E-state index contributed by atoms with van der Waals surface area (Å²) in [5, 5.41) is 0. The van der Waals surface area contributed by atoms with Crippen molar-refractivity contribution in [1.82, 2.24) is 9.80 Å². The Morgan fingerprint density at radius 2 is 1.85 bits per heavy atom. The number of carbonyl (C=O) groups is 1. The van der Waals surface area contributed by atoms with E-state index in [0.717, 1.165) is 32.7 Å². The van der Waals surface area contributed by atoms with Gasteiger partial charge in [0.15, 0.2) is 0 Å². The number of piperazine rings is 1. The summed E-state index contributed by atoms with van der Waals surface area (Å²) in [6.45, 7) is 9.04. The van der Waals surface area contributed by atoms with E-state index in [0.29, 0.717) is 6.61 Å². The molecule has 0 aromatic heterocycles. The van der Waals surface area contributed by atoms with Gasteiger partial charge in [0.25, 0.3) is 0 Å². The average Bonchev–Trinajstić information content (AvgIpc) is 2.18. The van der Waals surface area contributed by atoms with Crippen LogP contribution in [-0.2, 0) is 4.74 Å². The Morgan fingerprint density at radius 1 is 1.23 bits per heavy atom. The maximum Gasteiger partial charge on any atom is 0.409 e. The lowest BCUT2D eigenvalue weighted by atomic mass is 10.3. The van der Waals surface area contributed by atoms with Gasteiger partial charge in [0, 0.05) is 26.2 Å². The third kappa shape index (κ3) is 2.88. The van der Waals surface area contributed by atoms with Crippen LogP contribution in [0, 0.1) is 0 Å². The maximum absolute atomic E-state index is 11.3. The topological polar surface area (TPSA) is 32.8 Å². The maximum atomic E-state index is 11.3. The van der Waals surface area contributed by atoms with E-state index in [2.05, 4.69) is 11.8 Å². The molecule has 0 spiro atoms. The second kappa shape index (κ2) is 5.07. The van der Waals surface area contributed by atoms with Crippen molar-refractivity contribution in [3.63, 3.8) is 0 Å². The van der Waals surface area contributed by atoms with Crippen molar-refractivity contribution >= 4 is 6.09 Å². The molecule has 1 saturated heterocycles. The molecule has 0 N–H and O–H groups in total. The van der Waals surface area contributed by atoms with Crippen molar-refractivity contribution in [3.05, 3.63) is 0 Å². The van der Waals surface area contributed by atoms with Crippen LogP contribution in [-0.4, -0.2) is 55.2 Å². The van der Waals surface area contributed by atoms with Crippen molar-refractivity contribution in [2.24, 2.45) is 0 Å². The van der Waals surface area contributed by atoms with Crippen molar-refractivity contribution in [3.8, 4) is 0 Å². The molecular formula is C9H18N2O2. The summed E-state index contributed by atoms with van der Waals surface area (Å²) in [6, 6.07) is 0. The monoisotopic (exact) mass is 186 g/mol. The second-order valence-corrected chi connectivity index (χ2v) is 3.12. The van der Waals surface area contributed by atoms with Gasteiger partial charge in [-0.15, -0.1) is 0 Å². The molecule has 1 aliphatic rings. The lowest BCUT2D eigenvalue weighted by molar-refractivity contribution is 0.0810. The van der Waals surface area contributed by atoms with Crippen LogP contribution in [0.15, 0.2) is 0 Å². The number of nitrogens with zero attached hydrogens (tertiary/aromatic N) is 2. The largest absolute Gasteiger partial charge is 0.450 e. The molecule has 0 radical (unpaired) electrons. The van der Waals surface area contributed by atoms with Crippen LogP contribution in [0.5, 0.6) is 0 Å². The zero-order valence-corrected chi connectivity index (χ0v) is 8.45. The van der Waals surface area contributed by atoms with Gasteiger partial charge >= 0.3 is 6.09 Å². The number of likely N-dealkylation sites (N-methyl/N-ethyl adjacent to an activating group) is 1. The Bertz CT molecular complexity index is 165. The Balaban J connectivity index is 2.28. The Labute approximate surface area is 79.4 Å². The highest BCUT2D eigenvalue weighted by Crippen LogP contribution is 2.02. The predicted molar refractivity (Wildman–Crippen MR) is 50.7 cm³/mol. The van der Waals surface area contributed by atoms with Crippen LogP contribution in [0.2, 0.25) is 0 Å². The van der Waals surface area contributed by atoms with E-state index >= 15 is 0 Å². The van der Waals surface area contributed by atoms with Crippen LogP contribution in [0.3, 0.4) is 0 Å². The lowest BCUT2D eigenvalue weighted by Crippen LogP contribution is -2.48. The molecule has 1 aliphatic heterocycles. The summed E-state index contributed by atoms with van der Waals surface area (Å²) >= 11 is 0. The van der Waals surface area contributed by atoms with Crippen LogP contribution >= 0.6 is 0 Å². The molecule has 0 aliphatic carbocycles. The first kappa shape index (κ1) is 10.3. The van der Waals surface area contributed by atoms with E-state index in [1.165, 1.54) is 0 Å². The van der Waals surface area contributed by atoms with Crippen LogP contribution in [0.1, 0.15) is 13.8 Å². The van der Waals surface area contributed by atoms with Crippen LogP contribution < -0.4 is 0 Å². The average molecular weight is 186 g/mol. The highest BCUT2D eigenvalue weighted by Gasteiger charge is 2.20. The van der Waals surface area contributed by atoms with E-state index < -0.39 is 0 Å². The highest BCUT2D eigenvalue weighted by atomic mass is 16.6. The van der Waals surface area contributed by atoms with E-state index in [1.807, 2.05) is 6.92 Å². The smallest absolute Gasteiger partial charge is 0.409 e. The van der Waals surface area contributed by atoms with E-state index in [1.54, 1.807) is 4.90 Å². The SMILES string of the molecule is CCOC(=O)N1CCN(CC)CC1. The number of amides is 1. The molecule has 1 rings (SSSR count). The van der Waals surface area contributed by atoms with Gasteiger partial charge in [0.1, 0.15) is 0 Å². The standard InChI is InChI=1S/C9H18N2O2/c1-3-10-5-7-11(8-6-10)9(12)13-4-2/h3-8H2,1-2H3. The molecule has 76 valence electrons. The molecule has 0 saturated carbocycles. The fourth-order valence-electron chi connectivity index (χ4n) is 1.46. The molecule has 13 heavy (non-hydrogen) atoms. The summed E-state index contributed by atoms with van der Waals surface area (Å²) < 4.78 is 4.92. The Morgan fingerprint density at radius 3 is 2.31 bits per heavy atom. The molecule has 0 unspecified atom stereocenters. The number of hydrogen-bond donors (Lipinski definition) is 0. The minimum Gasteiger partial charge on any atom is -0.450 e. The first-order chi connectivity index (χ1) is 6.27. The second-order valence-electron chi connectivity index (χ2n) is 3.12. The van der Waals surface area contributed by atoms with Gasteiger partial charge in [0.05, 0.1) is 6.61 Å². The van der Waals surface area contributed by atoms with E-state index in [-0.39, 0.29) is 6.09 Å². The zero-order valence-electron chi connectivity index (χ0n) is 8.45.